The monoisotopic (exact) mass is 273 g/mol. The fourth-order valence-electron chi connectivity index (χ4n) is 2.17. The molecule has 0 unspecified atom stereocenters. The van der Waals surface area contributed by atoms with Gasteiger partial charge in [0.2, 0.25) is 5.43 Å². The predicted molar refractivity (Wildman–Crippen MR) is 79.0 cm³/mol. The number of hydrogen-bond donors (Lipinski definition) is 2. The molecular formula is C15H19N3O2. The summed E-state index contributed by atoms with van der Waals surface area (Å²) in [6.45, 7) is 4.57. The molecule has 2 aromatic rings. The molecule has 0 spiro atoms. The Morgan fingerprint density at radius 1 is 1.30 bits per heavy atom. The van der Waals surface area contributed by atoms with Crippen LogP contribution in [0.4, 0.5) is 0 Å². The molecule has 1 aromatic heterocycles. The first kappa shape index (κ1) is 14.2. The summed E-state index contributed by atoms with van der Waals surface area (Å²) >= 11 is 0. The van der Waals surface area contributed by atoms with Gasteiger partial charge in [-0.1, -0.05) is 32.4 Å². The van der Waals surface area contributed by atoms with Gasteiger partial charge < -0.3 is 5.32 Å². The third kappa shape index (κ3) is 2.71. The number of carbonyl (C=O) groups excluding carboxylic acids is 1. The highest BCUT2D eigenvalue weighted by Crippen LogP contribution is 2.14. The van der Waals surface area contributed by atoms with Crippen molar-refractivity contribution in [1.29, 1.82) is 0 Å². The van der Waals surface area contributed by atoms with E-state index in [-0.39, 0.29) is 11.1 Å². The minimum atomic E-state index is -0.420. The molecular weight excluding hydrogens is 254 g/mol. The van der Waals surface area contributed by atoms with Crippen LogP contribution in [0.25, 0.3) is 10.9 Å². The zero-order chi connectivity index (χ0) is 14.5. The van der Waals surface area contributed by atoms with Gasteiger partial charge in [0.25, 0.3) is 5.91 Å². The summed E-state index contributed by atoms with van der Waals surface area (Å²) in [5.74, 6) is -0.420. The van der Waals surface area contributed by atoms with E-state index >= 15 is 0 Å². The molecule has 0 bridgehead atoms. The van der Waals surface area contributed by atoms with Crippen molar-refractivity contribution in [3.05, 3.63) is 39.7 Å². The van der Waals surface area contributed by atoms with Crippen LogP contribution in [0.5, 0.6) is 0 Å². The third-order valence-corrected chi connectivity index (χ3v) is 3.16. The number of H-pyrrole nitrogens is 1. The van der Waals surface area contributed by atoms with Gasteiger partial charge in [0.1, 0.15) is 0 Å². The molecule has 2 rings (SSSR count). The number of aromatic amines is 1. The number of rotatable bonds is 5. The largest absolute Gasteiger partial charge is 0.351 e. The zero-order valence-electron chi connectivity index (χ0n) is 11.8. The van der Waals surface area contributed by atoms with E-state index in [4.69, 9.17) is 0 Å². The molecule has 0 saturated heterocycles. The van der Waals surface area contributed by atoms with Crippen molar-refractivity contribution in [1.82, 2.24) is 15.5 Å². The van der Waals surface area contributed by atoms with Crippen LogP contribution >= 0.6 is 0 Å². The molecule has 20 heavy (non-hydrogen) atoms. The Balaban J connectivity index is 2.49. The first-order valence-electron chi connectivity index (χ1n) is 6.97. The normalized spacial score (nSPS) is 10.7. The molecule has 5 nitrogen and oxygen atoms in total. The van der Waals surface area contributed by atoms with Crippen molar-refractivity contribution in [2.45, 2.75) is 33.1 Å². The van der Waals surface area contributed by atoms with Gasteiger partial charge in [-0.05, 0) is 24.5 Å². The van der Waals surface area contributed by atoms with E-state index in [0.29, 0.717) is 11.9 Å². The number of nitrogens with zero attached hydrogens (tertiary/aromatic N) is 1. The quantitative estimate of drug-likeness (QED) is 0.875. The van der Waals surface area contributed by atoms with E-state index in [2.05, 4.69) is 22.4 Å². The lowest BCUT2D eigenvalue weighted by molar-refractivity contribution is 0.0947. The van der Waals surface area contributed by atoms with Crippen LogP contribution in [0.15, 0.2) is 23.0 Å². The van der Waals surface area contributed by atoms with Crippen molar-refractivity contribution in [2.24, 2.45) is 0 Å². The van der Waals surface area contributed by atoms with Crippen LogP contribution in [-0.4, -0.2) is 22.6 Å². The van der Waals surface area contributed by atoms with Crippen LogP contribution in [0.1, 0.15) is 42.7 Å². The maximum atomic E-state index is 12.3. The smallest absolute Gasteiger partial charge is 0.275 e. The SMILES string of the molecule is CCCNC(=O)c1n[nH]c2c(CCC)cccc2c1=O. The highest BCUT2D eigenvalue weighted by Gasteiger charge is 2.15. The van der Waals surface area contributed by atoms with E-state index in [1.807, 2.05) is 19.1 Å². The van der Waals surface area contributed by atoms with Gasteiger partial charge in [-0.25, -0.2) is 0 Å². The van der Waals surface area contributed by atoms with Gasteiger partial charge in [-0.2, -0.15) is 5.10 Å². The molecule has 1 heterocycles. The van der Waals surface area contributed by atoms with Gasteiger partial charge in [0, 0.05) is 11.9 Å². The van der Waals surface area contributed by atoms with Gasteiger partial charge in [-0.15, -0.1) is 0 Å². The molecule has 0 atom stereocenters. The Hall–Kier alpha value is -2.17. The Morgan fingerprint density at radius 2 is 2.10 bits per heavy atom. The average molecular weight is 273 g/mol. The van der Waals surface area contributed by atoms with Gasteiger partial charge >= 0.3 is 0 Å². The summed E-state index contributed by atoms with van der Waals surface area (Å²) < 4.78 is 0. The summed E-state index contributed by atoms with van der Waals surface area (Å²) in [6, 6.07) is 5.54. The molecule has 0 aliphatic heterocycles. The Bertz CT molecular complexity index is 676. The summed E-state index contributed by atoms with van der Waals surface area (Å²) in [5, 5.41) is 10.0. The number of nitrogens with one attached hydrogen (secondary N) is 2. The van der Waals surface area contributed by atoms with Crippen LogP contribution in [0.3, 0.4) is 0 Å². The van der Waals surface area contributed by atoms with E-state index in [9.17, 15) is 9.59 Å². The number of aromatic nitrogens is 2. The number of hydrogen-bond acceptors (Lipinski definition) is 3. The Labute approximate surface area is 117 Å². The second-order valence-corrected chi connectivity index (χ2v) is 4.75. The lowest BCUT2D eigenvalue weighted by atomic mass is 10.1. The zero-order valence-corrected chi connectivity index (χ0v) is 11.8. The molecule has 106 valence electrons. The number of fused-ring (bicyclic) bond motifs is 1. The number of carbonyl (C=O) groups is 1. The molecule has 0 fully saturated rings. The first-order chi connectivity index (χ1) is 9.69. The summed E-state index contributed by atoms with van der Waals surface area (Å²) in [5.41, 5.74) is 1.39. The Kier molecular flexibility index (Phi) is 4.50. The van der Waals surface area contributed by atoms with E-state index in [0.717, 1.165) is 30.3 Å². The number of amides is 1. The summed E-state index contributed by atoms with van der Waals surface area (Å²) in [7, 11) is 0. The minimum Gasteiger partial charge on any atom is -0.351 e. The lowest BCUT2D eigenvalue weighted by Gasteiger charge is -2.06. The van der Waals surface area contributed by atoms with Crippen molar-refractivity contribution < 1.29 is 4.79 Å². The third-order valence-electron chi connectivity index (χ3n) is 3.16. The van der Waals surface area contributed by atoms with Gasteiger partial charge in [-0.3, -0.25) is 14.7 Å². The second-order valence-electron chi connectivity index (χ2n) is 4.75. The topological polar surface area (TPSA) is 74.8 Å². The van der Waals surface area contributed by atoms with E-state index < -0.39 is 5.91 Å². The highest BCUT2D eigenvalue weighted by atomic mass is 16.2. The molecule has 1 aromatic carbocycles. The van der Waals surface area contributed by atoms with Gasteiger partial charge in [0.05, 0.1) is 5.52 Å². The molecule has 1 amide bonds. The van der Waals surface area contributed by atoms with Crippen molar-refractivity contribution in [3.63, 3.8) is 0 Å². The summed E-state index contributed by atoms with van der Waals surface area (Å²) in [4.78, 5) is 24.2. The highest BCUT2D eigenvalue weighted by molar-refractivity contribution is 5.95. The number of para-hydroxylation sites is 1. The van der Waals surface area contributed by atoms with Crippen molar-refractivity contribution >= 4 is 16.8 Å². The minimum absolute atomic E-state index is 0.0698. The van der Waals surface area contributed by atoms with Crippen molar-refractivity contribution in [2.75, 3.05) is 6.54 Å². The fourth-order valence-corrected chi connectivity index (χ4v) is 2.17. The predicted octanol–water partition coefficient (Wildman–Crippen LogP) is 2.02. The van der Waals surface area contributed by atoms with E-state index in [1.165, 1.54) is 0 Å². The molecule has 0 aliphatic rings. The Morgan fingerprint density at radius 3 is 2.80 bits per heavy atom. The van der Waals surface area contributed by atoms with Crippen molar-refractivity contribution in [3.8, 4) is 0 Å². The average Bonchev–Trinajstić information content (AvgIpc) is 2.46. The van der Waals surface area contributed by atoms with Crippen LogP contribution < -0.4 is 10.7 Å². The maximum absolute atomic E-state index is 12.3. The molecule has 0 saturated carbocycles. The number of benzene rings is 1. The second kappa shape index (κ2) is 6.32. The molecule has 2 N–H and O–H groups in total. The first-order valence-corrected chi connectivity index (χ1v) is 6.97. The number of aryl methyl sites for hydroxylation is 1. The maximum Gasteiger partial charge on any atom is 0.275 e. The molecule has 0 radical (unpaired) electrons. The van der Waals surface area contributed by atoms with Crippen LogP contribution in [0.2, 0.25) is 0 Å². The lowest BCUT2D eigenvalue weighted by Crippen LogP contribution is -2.31. The molecule has 0 aliphatic carbocycles. The molecule has 5 heteroatoms. The van der Waals surface area contributed by atoms with Crippen LogP contribution in [0, 0.1) is 0 Å². The van der Waals surface area contributed by atoms with Gasteiger partial charge in [0.15, 0.2) is 5.69 Å². The van der Waals surface area contributed by atoms with Crippen LogP contribution in [-0.2, 0) is 6.42 Å². The van der Waals surface area contributed by atoms with E-state index in [1.54, 1.807) is 6.07 Å². The standard InChI is InChI=1S/C15H19N3O2/c1-3-6-10-7-5-8-11-12(10)17-18-13(14(11)19)15(20)16-9-4-2/h5,7-8H,3-4,6,9H2,1-2H3,(H,16,20)(H,17,19). The summed E-state index contributed by atoms with van der Waals surface area (Å²) in [6.07, 6.45) is 2.67. The fraction of sp³-hybridized carbons (Fsp3) is 0.400.